The fraction of sp³-hybridized carbons (Fsp3) is 0.417. The maximum atomic E-state index is 11.9. The summed E-state index contributed by atoms with van der Waals surface area (Å²) in [5, 5.41) is 13.7. The number of carbonyl (C=O) groups excluding carboxylic acids is 1. The molecule has 19 heavy (non-hydrogen) atoms. The third-order valence-corrected chi connectivity index (χ3v) is 3.15. The summed E-state index contributed by atoms with van der Waals surface area (Å²) in [6.07, 6.45) is 1.86. The lowest BCUT2D eigenvalue weighted by molar-refractivity contribution is -0.385. The predicted molar refractivity (Wildman–Crippen MR) is 69.4 cm³/mol. The average Bonchev–Trinajstić information content (AvgIpc) is 2.88. The Morgan fingerprint density at radius 3 is 3.00 bits per heavy atom. The molecule has 1 atom stereocenters. The quantitative estimate of drug-likeness (QED) is 0.678. The number of nitro groups is 1. The molecule has 1 amide bonds. The maximum Gasteiger partial charge on any atom is 0.283 e. The molecule has 102 valence electrons. The summed E-state index contributed by atoms with van der Waals surface area (Å²) in [5.41, 5.74) is -0.287. The second kappa shape index (κ2) is 5.99. The zero-order valence-corrected chi connectivity index (χ0v) is 10.9. The molecule has 1 aromatic carbocycles. The Kier molecular flexibility index (Phi) is 4.34. The van der Waals surface area contributed by atoms with E-state index in [1.165, 1.54) is 18.2 Å². The minimum Gasteiger partial charge on any atom is -0.376 e. The number of hydrogen-bond donors (Lipinski definition) is 1. The summed E-state index contributed by atoms with van der Waals surface area (Å²) in [7, 11) is 0. The van der Waals surface area contributed by atoms with Crippen LogP contribution in [0.1, 0.15) is 23.2 Å². The highest BCUT2D eigenvalue weighted by Gasteiger charge is 2.22. The fourth-order valence-corrected chi connectivity index (χ4v) is 2.12. The highest BCUT2D eigenvalue weighted by Crippen LogP contribution is 2.23. The molecule has 1 aliphatic rings. The van der Waals surface area contributed by atoms with Crippen LogP contribution < -0.4 is 5.32 Å². The van der Waals surface area contributed by atoms with Crippen molar-refractivity contribution in [3.05, 3.63) is 38.9 Å². The minimum absolute atomic E-state index is 0.00435. The summed E-state index contributed by atoms with van der Waals surface area (Å²) in [5.74, 6) is -0.487. The Hall–Kier alpha value is -1.66. The average molecular weight is 285 g/mol. The van der Waals surface area contributed by atoms with Crippen molar-refractivity contribution >= 4 is 23.2 Å². The summed E-state index contributed by atoms with van der Waals surface area (Å²) >= 11 is 5.69. The van der Waals surface area contributed by atoms with Crippen LogP contribution in [0.3, 0.4) is 0 Å². The molecular formula is C12H13ClN2O4. The Bertz CT molecular complexity index is 501. The second-order valence-electron chi connectivity index (χ2n) is 4.26. The van der Waals surface area contributed by atoms with E-state index >= 15 is 0 Å². The first kappa shape index (κ1) is 13.8. The molecule has 1 N–H and O–H groups in total. The normalized spacial score (nSPS) is 18.3. The number of amides is 1. The van der Waals surface area contributed by atoms with E-state index in [9.17, 15) is 14.9 Å². The van der Waals surface area contributed by atoms with Crippen LogP contribution in [-0.4, -0.2) is 30.1 Å². The van der Waals surface area contributed by atoms with Gasteiger partial charge in [0.1, 0.15) is 5.56 Å². The van der Waals surface area contributed by atoms with Crippen LogP contribution in [0.2, 0.25) is 5.02 Å². The molecule has 1 heterocycles. The molecule has 6 nitrogen and oxygen atoms in total. The third kappa shape index (κ3) is 3.42. The van der Waals surface area contributed by atoms with Crippen LogP contribution in [0.15, 0.2) is 18.2 Å². The molecular weight excluding hydrogens is 272 g/mol. The number of nitro benzene ring substituents is 1. The van der Waals surface area contributed by atoms with Crippen molar-refractivity contribution in [1.82, 2.24) is 5.32 Å². The first-order chi connectivity index (χ1) is 9.08. The number of ether oxygens (including phenoxy) is 1. The molecule has 0 aromatic heterocycles. The second-order valence-corrected chi connectivity index (χ2v) is 4.70. The molecule has 0 bridgehead atoms. The molecule has 1 aromatic rings. The van der Waals surface area contributed by atoms with Gasteiger partial charge in [-0.15, -0.1) is 0 Å². The summed E-state index contributed by atoms with van der Waals surface area (Å²) < 4.78 is 5.37. The van der Waals surface area contributed by atoms with E-state index in [0.29, 0.717) is 13.2 Å². The Balaban J connectivity index is 2.07. The van der Waals surface area contributed by atoms with Gasteiger partial charge in [0.25, 0.3) is 11.6 Å². The van der Waals surface area contributed by atoms with Crippen LogP contribution in [-0.2, 0) is 4.74 Å². The van der Waals surface area contributed by atoms with Crippen molar-refractivity contribution in [2.45, 2.75) is 18.9 Å². The monoisotopic (exact) mass is 284 g/mol. The van der Waals surface area contributed by atoms with Gasteiger partial charge >= 0.3 is 0 Å². The van der Waals surface area contributed by atoms with Crippen LogP contribution >= 0.6 is 11.6 Å². The van der Waals surface area contributed by atoms with Crippen LogP contribution in [0.4, 0.5) is 5.69 Å². The van der Waals surface area contributed by atoms with Crippen molar-refractivity contribution < 1.29 is 14.5 Å². The fourth-order valence-electron chi connectivity index (χ4n) is 1.95. The lowest BCUT2D eigenvalue weighted by atomic mass is 10.1. The highest BCUT2D eigenvalue weighted by molar-refractivity contribution is 6.31. The van der Waals surface area contributed by atoms with Crippen LogP contribution in [0.5, 0.6) is 0 Å². The SMILES string of the molecule is O=C(NCC1CCCO1)c1ccc(Cl)cc1[N+](=O)[O-]. The van der Waals surface area contributed by atoms with Gasteiger partial charge in [-0.1, -0.05) is 11.6 Å². The van der Waals surface area contributed by atoms with Gasteiger partial charge in [0.15, 0.2) is 0 Å². The van der Waals surface area contributed by atoms with Crippen LogP contribution in [0.25, 0.3) is 0 Å². The number of benzene rings is 1. The highest BCUT2D eigenvalue weighted by atomic mass is 35.5. The molecule has 2 rings (SSSR count). The molecule has 0 saturated carbocycles. The number of nitrogens with zero attached hydrogens (tertiary/aromatic N) is 1. The van der Waals surface area contributed by atoms with Gasteiger partial charge in [0.2, 0.25) is 0 Å². The molecule has 1 unspecified atom stereocenters. The van der Waals surface area contributed by atoms with Crippen molar-refractivity contribution in [2.75, 3.05) is 13.2 Å². The van der Waals surface area contributed by atoms with Crippen molar-refractivity contribution in [2.24, 2.45) is 0 Å². The van der Waals surface area contributed by atoms with Gasteiger partial charge < -0.3 is 10.1 Å². The summed E-state index contributed by atoms with van der Waals surface area (Å²) in [4.78, 5) is 22.2. The maximum absolute atomic E-state index is 11.9. The van der Waals surface area contributed by atoms with Gasteiger partial charge in [-0.25, -0.2) is 0 Å². The van der Waals surface area contributed by atoms with E-state index < -0.39 is 10.8 Å². The summed E-state index contributed by atoms with van der Waals surface area (Å²) in [6, 6.07) is 3.98. The van der Waals surface area contributed by atoms with Gasteiger partial charge in [-0.3, -0.25) is 14.9 Å². The van der Waals surface area contributed by atoms with Crippen molar-refractivity contribution in [3.8, 4) is 0 Å². The predicted octanol–water partition coefficient (Wildman–Crippen LogP) is 2.16. The van der Waals surface area contributed by atoms with Crippen molar-refractivity contribution in [3.63, 3.8) is 0 Å². The molecule has 1 aliphatic heterocycles. The lowest BCUT2D eigenvalue weighted by Crippen LogP contribution is -2.32. The van der Waals surface area contributed by atoms with E-state index in [4.69, 9.17) is 16.3 Å². The summed E-state index contributed by atoms with van der Waals surface area (Å²) in [6.45, 7) is 1.06. The van der Waals surface area contributed by atoms with Crippen LogP contribution in [0, 0.1) is 10.1 Å². The Morgan fingerprint density at radius 1 is 1.58 bits per heavy atom. The van der Waals surface area contributed by atoms with Gasteiger partial charge in [0, 0.05) is 24.2 Å². The van der Waals surface area contributed by atoms with E-state index in [-0.39, 0.29) is 22.4 Å². The number of nitrogens with one attached hydrogen (secondary N) is 1. The molecule has 1 fully saturated rings. The Morgan fingerprint density at radius 2 is 2.37 bits per heavy atom. The van der Waals surface area contributed by atoms with E-state index in [1.807, 2.05) is 0 Å². The van der Waals surface area contributed by atoms with Crippen molar-refractivity contribution in [1.29, 1.82) is 0 Å². The number of rotatable bonds is 4. The minimum atomic E-state index is -0.618. The molecule has 7 heteroatoms. The number of carbonyl (C=O) groups is 1. The molecule has 1 saturated heterocycles. The van der Waals surface area contributed by atoms with E-state index in [1.54, 1.807) is 0 Å². The first-order valence-electron chi connectivity index (χ1n) is 5.91. The first-order valence-corrected chi connectivity index (χ1v) is 6.29. The van der Waals surface area contributed by atoms with Gasteiger partial charge in [0.05, 0.1) is 11.0 Å². The third-order valence-electron chi connectivity index (χ3n) is 2.92. The van der Waals surface area contributed by atoms with E-state index in [2.05, 4.69) is 5.32 Å². The zero-order valence-electron chi connectivity index (χ0n) is 10.1. The van der Waals surface area contributed by atoms with Gasteiger partial charge in [-0.2, -0.15) is 0 Å². The molecule has 0 aliphatic carbocycles. The zero-order chi connectivity index (χ0) is 13.8. The standard InChI is InChI=1S/C12H13ClN2O4/c13-8-3-4-10(11(6-8)15(17)18)12(16)14-7-9-2-1-5-19-9/h3-4,6,9H,1-2,5,7H2,(H,14,16). The molecule has 0 spiro atoms. The largest absolute Gasteiger partial charge is 0.376 e. The van der Waals surface area contributed by atoms with Gasteiger partial charge in [-0.05, 0) is 25.0 Å². The number of hydrogen-bond acceptors (Lipinski definition) is 4. The topological polar surface area (TPSA) is 81.5 Å². The van der Waals surface area contributed by atoms with E-state index in [0.717, 1.165) is 12.8 Å². The number of halogens is 1. The Labute approximate surface area is 114 Å². The lowest BCUT2D eigenvalue weighted by Gasteiger charge is -2.10. The smallest absolute Gasteiger partial charge is 0.283 e. The molecule has 0 radical (unpaired) electrons.